The molecule has 26 heavy (non-hydrogen) atoms. The smallest absolute Gasteiger partial charge is 0.325 e. The summed E-state index contributed by atoms with van der Waals surface area (Å²) in [6, 6.07) is 0. The van der Waals surface area contributed by atoms with Crippen LogP contribution < -0.4 is 0 Å². The van der Waals surface area contributed by atoms with Crippen LogP contribution in [0.3, 0.4) is 0 Å². The van der Waals surface area contributed by atoms with E-state index in [0.29, 0.717) is 0 Å². The standard InChI is InChI=1S/C16H36P.C3H4N4O2/c1-5-9-13-17(14-10-6-2,15-11-7-3)16-12-8-4;8-3(9)1-7-2-4-5-6-7/h5-16H2,1-4H3;2H,1H2,(H,8,9)/q+1;. The average Bonchev–Trinajstić information content (AvgIpc) is 3.13. The maximum atomic E-state index is 9.95. The van der Waals surface area contributed by atoms with Crippen molar-refractivity contribution in [3.8, 4) is 0 Å². The first-order valence-electron chi connectivity index (χ1n) is 10.3. The number of rotatable bonds is 14. The normalized spacial score (nSPS) is 11.1. The lowest BCUT2D eigenvalue weighted by Gasteiger charge is -2.28. The van der Waals surface area contributed by atoms with E-state index >= 15 is 0 Å². The number of carbonyl (C=O) groups is 1. The van der Waals surface area contributed by atoms with Gasteiger partial charge in [-0.3, -0.25) is 4.79 Å². The Kier molecular flexibility index (Phi) is 15.5. The van der Waals surface area contributed by atoms with Gasteiger partial charge >= 0.3 is 5.97 Å². The number of hydrogen-bond acceptors (Lipinski definition) is 4. The van der Waals surface area contributed by atoms with Gasteiger partial charge in [-0.2, -0.15) is 0 Å². The third-order valence-corrected chi connectivity index (χ3v) is 9.69. The van der Waals surface area contributed by atoms with Crippen molar-refractivity contribution in [2.24, 2.45) is 0 Å². The highest BCUT2D eigenvalue weighted by Crippen LogP contribution is 2.61. The highest BCUT2D eigenvalue weighted by atomic mass is 31.2. The monoisotopic (exact) mass is 387 g/mol. The molecule has 1 heterocycles. The number of unbranched alkanes of at least 4 members (excludes halogenated alkanes) is 4. The van der Waals surface area contributed by atoms with Crippen molar-refractivity contribution in [1.29, 1.82) is 0 Å². The summed E-state index contributed by atoms with van der Waals surface area (Å²) in [6.07, 6.45) is 19.2. The molecule has 0 saturated carbocycles. The Morgan fingerprint density at radius 1 is 0.885 bits per heavy atom. The van der Waals surface area contributed by atoms with Crippen LogP contribution in [0.5, 0.6) is 0 Å². The molecule has 1 N–H and O–H groups in total. The lowest BCUT2D eigenvalue weighted by atomic mass is 10.4. The van der Waals surface area contributed by atoms with Crippen molar-refractivity contribution < 1.29 is 9.90 Å². The molecule has 152 valence electrons. The predicted molar refractivity (Wildman–Crippen MR) is 111 cm³/mol. The van der Waals surface area contributed by atoms with Crippen LogP contribution in [0.15, 0.2) is 6.33 Å². The van der Waals surface area contributed by atoms with Crippen molar-refractivity contribution in [3.63, 3.8) is 0 Å². The number of carboxylic acid groups (broad SMARTS) is 1. The van der Waals surface area contributed by atoms with E-state index < -0.39 is 13.2 Å². The lowest BCUT2D eigenvalue weighted by Crippen LogP contribution is -2.12. The van der Waals surface area contributed by atoms with Crippen molar-refractivity contribution in [2.75, 3.05) is 24.6 Å². The number of nitrogens with zero attached hydrogens (tertiary/aromatic N) is 4. The predicted octanol–water partition coefficient (Wildman–Crippen LogP) is 4.96. The zero-order valence-corrected chi connectivity index (χ0v) is 18.3. The first-order chi connectivity index (χ1) is 12.5. The Morgan fingerprint density at radius 2 is 1.31 bits per heavy atom. The topological polar surface area (TPSA) is 80.9 Å². The molecule has 1 aromatic rings. The van der Waals surface area contributed by atoms with Crippen LogP contribution >= 0.6 is 7.26 Å². The van der Waals surface area contributed by atoms with Crippen LogP contribution in [0, 0.1) is 0 Å². The molecule has 0 unspecified atom stereocenters. The highest BCUT2D eigenvalue weighted by Gasteiger charge is 2.34. The number of carboxylic acids is 1. The van der Waals surface area contributed by atoms with Gasteiger partial charge < -0.3 is 5.11 Å². The van der Waals surface area contributed by atoms with E-state index in [1.807, 2.05) is 0 Å². The third-order valence-electron chi connectivity index (χ3n) is 4.63. The minimum absolute atomic E-state index is 0.188. The Labute approximate surface area is 160 Å². The summed E-state index contributed by atoms with van der Waals surface area (Å²) in [7, 11) is -0.562. The Bertz CT molecular complexity index is 403. The maximum Gasteiger partial charge on any atom is 0.325 e. The molecule has 0 aliphatic rings. The number of tetrazole rings is 1. The summed E-state index contributed by atoms with van der Waals surface area (Å²) >= 11 is 0. The van der Waals surface area contributed by atoms with E-state index in [4.69, 9.17) is 5.11 Å². The van der Waals surface area contributed by atoms with Gasteiger partial charge in [-0.05, 0) is 36.1 Å². The van der Waals surface area contributed by atoms with Crippen molar-refractivity contribution in [2.45, 2.75) is 85.6 Å². The number of aromatic nitrogens is 4. The Balaban J connectivity index is 0.000000577. The second-order valence-electron chi connectivity index (χ2n) is 7.05. The largest absolute Gasteiger partial charge is 0.480 e. The molecule has 0 aliphatic carbocycles. The summed E-state index contributed by atoms with van der Waals surface area (Å²) in [6.45, 7) is 9.23. The van der Waals surface area contributed by atoms with Crippen LogP contribution in [0.2, 0.25) is 0 Å². The van der Waals surface area contributed by atoms with Gasteiger partial charge in [-0.15, -0.1) is 5.10 Å². The molecule has 0 saturated heterocycles. The fourth-order valence-corrected chi connectivity index (χ4v) is 8.33. The van der Waals surface area contributed by atoms with E-state index in [1.54, 1.807) is 24.6 Å². The molecular formula is C19H40N4O2P+. The number of hydrogen-bond donors (Lipinski definition) is 1. The molecule has 6 nitrogen and oxygen atoms in total. The van der Waals surface area contributed by atoms with Gasteiger partial charge in [-0.1, -0.05) is 53.4 Å². The van der Waals surface area contributed by atoms with E-state index in [0.717, 1.165) is 4.68 Å². The molecule has 0 atom stereocenters. The quantitative estimate of drug-likeness (QED) is 0.456. The molecule has 1 aromatic heterocycles. The molecule has 0 aromatic carbocycles. The van der Waals surface area contributed by atoms with Gasteiger partial charge in [0.1, 0.15) is 12.9 Å². The van der Waals surface area contributed by atoms with Crippen molar-refractivity contribution in [1.82, 2.24) is 20.2 Å². The van der Waals surface area contributed by atoms with Crippen LogP contribution in [0.1, 0.15) is 79.1 Å². The summed E-state index contributed by atoms with van der Waals surface area (Å²) in [5.74, 6) is -0.956. The molecular weight excluding hydrogens is 347 g/mol. The van der Waals surface area contributed by atoms with E-state index in [-0.39, 0.29) is 6.54 Å². The molecule has 0 bridgehead atoms. The SMILES string of the molecule is CCCC[P+](CCCC)(CCCC)CCCC.O=C(O)Cn1cnnn1. The molecule has 1 rings (SSSR count). The van der Waals surface area contributed by atoms with Gasteiger partial charge in [-0.25, -0.2) is 4.68 Å². The molecule has 0 radical (unpaired) electrons. The van der Waals surface area contributed by atoms with Crippen LogP contribution in [-0.4, -0.2) is 55.9 Å². The second-order valence-corrected chi connectivity index (χ2v) is 11.5. The highest BCUT2D eigenvalue weighted by molar-refractivity contribution is 7.75. The molecule has 7 heteroatoms. The molecule has 0 aliphatic heterocycles. The van der Waals surface area contributed by atoms with E-state index in [2.05, 4.69) is 43.2 Å². The minimum Gasteiger partial charge on any atom is -0.480 e. The molecule has 0 amide bonds. The fraction of sp³-hybridized carbons (Fsp3) is 0.895. The lowest BCUT2D eigenvalue weighted by molar-refractivity contribution is -0.137. The summed E-state index contributed by atoms with van der Waals surface area (Å²) in [5.41, 5.74) is 0. The third kappa shape index (κ3) is 12.3. The Hall–Kier alpha value is -1.03. The Morgan fingerprint density at radius 3 is 1.58 bits per heavy atom. The van der Waals surface area contributed by atoms with Gasteiger partial charge in [0, 0.05) is 7.26 Å². The van der Waals surface area contributed by atoms with Gasteiger partial charge in [0.15, 0.2) is 0 Å². The fourth-order valence-electron chi connectivity index (χ4n) is 3.04. The van der Waals surface area contributed by atoms with E-state index in [1.165, 1.54) is 57.7 Å². The summed E-state index contributed by atoms with van der Waals surface area (Å²) in [4.78, 5) is 9.95. The first-order valence-corrected chi connectivity index (χ1v) is 12.8. The first kappa shape index (κ1) is 25.0. The molecule has 0 fully saturated rings. The maximum absolute atomic E-state index is 9.95. The van der Waals surface area contributed by atoms with Gasteiger partial charge in [0.05, 0.1) is 24.6 Å². The van der Waals surface area contributed by atoms with Crippen LogP contribution in [-0.2, 0) is 11.3 Å². The zero-order valence-electron chi connectivity index (χ0n) is 17.4. The van der Waals surface area contributed by atoms with Crippen LogP contribution in [0.25, 0.3) is 0 Å². The molecule has 0 spiro atoms. The zero-order chi connectivity index (χ0) is 19.7. The summed E-state index contributed by atoms with van der Waals surface area (Å²) in [5, 5.41) is 18.0. The number of aliphatic carboxylic acids is 1. The van der Waals surface area contributed by atoms with Crippen molar-refractivity contribution in [3.05, 3.63) is 6.33 Å². The van der Waals surface area contributed by atoms with Gasteiger partial charge in [0.2, 0.25) is 0 Å². The summed E-state index contributed by atoms with van der Waals surface area (Å²) < 4.78 is 1.13. The van der Waals surface area contributed by atoms with Crippen LogP contribution in [0.4, 0.5) is 0 Å². The average molecular weight is 388 g/mol. The second kappa shape index (κ2) is 16.2. The van der Waals surface area contributed by atoms with E-state index in [9.17, 15) is 4.79 Å². The minimum atomic E-state index is -0.956. The van der Waals surface area contributed by atoms with Gasteiger partial charge in [0.25, 0.3) is 0 Å². The van der Waals surface area contributed by atoms with Crippen molar-refractivity contribution >= 4 is 13.2 Å².